The number of aromatic nitrogens is 1. The molecule has 2 atom stereocenters. The topological polar surface area (TPSA) is 85.7 Å². The van der Waals surface area contributed by atoms with Crippen molar-refractivity contribution in [3.63, 3.8) is 0 Å². The molecule has 134 valence electrons. The maximum Gasteiger partial charge on any atom is 0.356 e. The van der Waals surface area contributed by atoms with Crippen molar-refractivity contribution in [2.24, 2.45) is 16.8 Å². The van der Waals surface area contributed by atoms with Crippen LogP contribution in [0.2, 0.25) is 0 Å². The average Bonchev–Trinajstić information content (AvgIpc) is 2.72. The van der Waals surface area contributed by atoms with Gasteiger partial charge in [-0.05, 0) is 30.7 Å². The number of ether oxygens (including phenoxy) is 1. The Kier molecular flexibility index (Phi) is 4.24. The molecule has 1 aromatic heterocycles. The van der Waals surface area contributed by atoms with Gasteiger partial charge in [0.05, 0.1) is 24.2 Å². The maximum absolute atomic E-state index is 13.1. The highest BCUT2D eigenvalue weighted by molar-refractivity contribution is 6.27. The predicted octanol–water partition coefficient (Wildman–Crippen LogP) is 2.64. The van der Waals surface area contributed by atoms with Gasteiger partial charge in [-0.2, -0.15) is 0 Å². The zero-order valence-electron chi connectivity index (χ0n) is 14.6. The van der Waals surface area contributed by atoms with E-state index in [0.29, 0.717) is 11.3 Å². The highest BCUT2D eigenvalue weighted by Crippen LogP contribution is 2.36. The number of rotatable bonds is 3. The fourth-order valence-corrected chi connectivity index (χ4v) is 3.49. The van der Waals surface area contributed by atoms with Crippen LogP contribution in [-0.4, -0.2) is 34.8 Å². The van der Waals surface area contributed by atoms with Crippen LogP contribution in [-0.2, 0) is 9.53 Å². The lowest BCUT2D eigenvalue weighted by molar-refractivity contribution is -0.138. The van der Waals surface area contributed by atoms with E-state index in [1.165, 1.54) is 12.3 Å². The van der Waals surface area contributed by atoms with Crippen LogP contribution in [0.15, 0.2) is 65.4 Å². The largest absolute Gasteiger partial charge is 0.461 e. The number of Topliss-reactive ketones (excluding diaryl/α,β-unsaturated/α-hetero) is 2. The molecule has 1 aromatic carbocycles. The number of allylic oxidation sites excluding steroid dienone is 1. The summed E-state index contributed by atoms with van der Waals surface area (Å²) in [6, 6.07) is 12.3. The summed E-state index contributed by atoms with van der Waals surface area (Å²) < 4.78 is 5.05. The van der Waals surface area contributed by atoms with Crippen molar-refractivity contribution in [3.8, 4) is 0 Å². The molecule has 0 fully saturated rings. The summed E-state index contributed by atoms with van der Waals surface area (Å²) in [7, 11) is 0. The zero-order chi connectivity index (χ0) is 19.0. The number of aliphatic imine (C=N–C) groups is 1. The standard InChI is InChI=1S/C21H16N2O4/c1-2-27-21(26)15-11-14-16(17(23-15)12-7-4-3-5-8-12)20(25)18-13(19(14)24)9-6-10-22-18/h3-11,14,16H,2H2,1H3. The Morgan fingerprint density at radius 2 is 1.85 bits per heavy atom. The van der Waals surface area contributed by atoms with Gasteiger partial charge in [0.2, 0.25) is 0 Å². The molecule has 0 spiro atoms. The average molecular weight is 360 g/mol. The lowest BCUT2D eigenvalue weighted by Crippen LogP contribution is -2.43. The number of hydrogen-bond acceptors (Lipinski definition) is 6. The minimum absolute atomic E-state index is 0.0467. The number of esters is 1. The lowest BCUT2D eigenvalue weighted by Gasteiger charge is -2.32. The summed E-state index contributed by atoms with van der Waals surface area (Å²) in [5.41, 5.74) is 1.55. The number of fused-ring (bicyclic) bond motifs is 2. The molecular weight excluding hydrogens is 344 g/mol. The molecule has 0 N–H and O–H groups in total. The van der Waals surface area contributed by atoms with E-state index >= 15 is 0 Å². The summed E-state index contributed by atoms with van der Waals surface area (Å²) in [6.07, 6.45) is 2.94. The number of nitrogens with zero attached hydrogens (tertiary/aromatic N) is 2. The maximum atomic E-state index is 13.1. The van der Waals surface area contributed by atoms with Crippen LogP contribution in [0.25, 0.3) is 0 Å². The molecule has 0 bridgehead atoms. The van der Waals surface area contributed by atoms with Crippen molar-refractivity contribution >= 4 is 23.2 Å². The summed E-state index contributed by atoms with van der Waals surface area (Å²) >= 11 is 0. The third-order valence-electron chi connectivity index (χ3n) is 4.68. The van der Waals surface area contributed by atoms with Gasteiger partial charge in [0.25, 0.3) is 0 Å². The van der Waals surface area contributed by atoms with Crippen LogP contribution < -0.4 is 0 Å². The van der Waals surface area contributed by atoms with Crippen molar-refractivity contribution in [2.75, 3.05) is 6.61 Å². The molecule has 1 aliphatic carbocycles. The summed E-state index contributed by atoms with van der Waals surface area (Å²) in [6.45, 7) is 1.89. The Labute approximate surface area is 155 Å². The molecule has 27 heavy (non-hydrogen) atoms. The first-order chi connectivity index (χ1) is 13.1. The number of pyridine rings is 1. The number of hydrogen-bond donors (Lipinski definition) is 0. The highest BCUT2D eigenvalue weighted by Gasteiger charge is 2.46. The summed E-state index contributed by atoms with van der Waals surface area (Å²) in [4.78, 5) is 47.0. The molecule has 2 unspecified atom stereocenters. The normalized spacial score (nSPS) is 20.9. The minimum Gasteiger partial charge on any atom is -0.461 e. The van der Waals surface area contributed by atoms with Gasteiger partial charge in [0.15, 0.2) is 11.6 Å². The molecule has 1 aliphatic heterocycles. The van der Waals surface area contributed by atoms with Crippen molar-refractivity contribution in [2.45, 2.75) is 6.92 Å². The summed E-state index contributed by atoms with van der Waals surface area (Å²) in [5.74, 6) is -2.73. The Hall–Kier alpha value is -3.41. The summed E-state index contributed by atoms with van der Waals surface area (Å²) in [5, 5.41) is 0. The van der Waals surface area contributed by atoms with Crippen molar-refractivity contribution in [1.82, 2.24) is 4.98 Å². The zero-order valence-corrected chi connectivity index (χ0v) is 14.6. The van der Waals surface area contributed by atoms with Crippen molar-refractivity contribution < 1.29 is 19.1 Å². The highest BCUT2D eigenvalue weighted by atomic mass is 16.5. The third kappa shape index (κ3) is 2.79. The van der Waals surface area contributed by atoms with E-state index in [0.717, 1.165) is 0 Å². The molecule has 0 radical (unpaired) electrons. The molecule has 2 heterocycles. The molecular formula is C21H16N2O4. The third-order valence-corrected chi connectivity index (χ3v) is 4.68. The van der Waals surface area contributed by atoms with Crippen LogP contribution in [0.3, 0.4) is 0 Å². The molecule has 0 saturated heterocycles. The molecule has 4 rings (SSSR count). The number of benzene rings is 1. The number of carbonyl (C=O) groups excluding carboxylic acids is 3. The van der Waals surface area contributed by atoms with Crippen molar-refractivity contribution in [1.29, 1.82) is 0 Å². The Morgan fingerprint density at radius 1 is 1.07 bits per heavy atom. The monoisotopic (exact) mass is 360 g/mol. The molecule has 6 nitrogen and oxygen atoms in total. The van der Waals surface area contributed by atoms with E-state index < -0.39 is 17.8 Å². The Balaban J connectivity index is 1.90. The predicted molar refractivity (Wildman–Crippen MR) is 97.6 cm³/mol. The van der Waals surface area contributed by atoms with Gasteiger partial charge in [-0.25, -0.2) is 9.79 Å². The van der Waals surface area contributed by atoms with Gasteiger partial charge in [-0.3, -0.25) is 14.6 Å². The van der Waals surface area contributed by atoms with Gasteiger partial charge in [-0.15, -0.1) is 0 Å². The number of ketones is 2. The fraction of sp³-hybridized carbons (Fsp3) is 0.190. The minimum atomic E-state index is -0.805. The Morgan fingerprint density at radius 3 is 2.59 bits per heavy atom. The van der Waals surface area contributed by atoms with E-state index in [-0.39, 0.29) is 35.1 Å². The smallest absolute Gasteiger partial charge is 0.356 e. The van der Waals surface area contributed by atoms with Crippen LogP contribution >= 0.6 is 0 Å². The second-order valence-electron chi connectivity index (χ2n) is 6.27. The molecule has 6 heteroatoms. The van der Waals surface area contributed by atoms with Gasteiger partial charge in [0.1, 0.15) is 11.4 Å². The van der Waals surface area contributed by atoms with E-state index in [1.54, 1.807) is 31.2 Å². The van der Waals surface area contributed by atoms with Gasteiger partial charge >= 0.3 is 5.97 Å². The second-order valence-corrected chi connectivity index (χ2v) is 6.27. The van der Waals surface area contributed by atoms with Gasteiger partial charge in [-0.1, -0.05) is 30.3 Å². The van der Waals surface area contributed by atoms with Crippen LogP contribution in [0.4, 0.5) is 0 Å². The van der Waals surface area contributed by atoms with Crippen LogP contribution in [0.1, 0.15) is 33.3 Å². The van der Waals surface area contributed by atoms with E-state index in [1.807, 2.05) is 18.2 Å². The van der Waals surface area contributed by atoms with Crippen LogP contribution in [0.5, 0.6) is 0 Å². The van der Waals surface area contributed by atoms with Crippen LogP contribution in [0, 0.1) is 11.8 Å². The lowest BCUT2D eigenvalue weighted by atomic mass is 9.71. The molecule has 2 aliphatic rings. The molecule has 0 amide bonds. The Bertz CT molecular complexity index is 1010. The molecule has 0 saturated carbocycles. The van der Waals surface area contributed by atoms with E-state index in [2.05, 4.69) is 9.98 Å². The number of carbonyl (C=O) groups is 3. The second kappa shape index (κ2) is 6.72. The first-order valence-corrected chi connectivity index (χ1v) is 8.68. The molecule has 2 aromatic rings. The first-order valence-electron chi connectivity index (χ1n) is 8.68. The van der Waals surface area contributed by atoms with E-state index in [4.69, 9.17) is 4.74 Å². The SMILES string of the molecule is CCOC(=O)C1=CC2C(=O)c3cccnc3C(=O)C2C(c2ccccc2)=N1. The van der Waals surface area contributed by atoms with Gasteiger partial charge in [0, 0.05) is 11.8 Å². The van der Waals surface area contributed by atoms with Crippen molar-refractivity contribution in [3.05, 3.63) is 77.3 Å². The fourth-order valence-electron chi connectivity index (χ4n) is 3.49. The van der Waals surface area contributed by atoms with Gasteiger partial charge < -0.3 is 4.74 Å². The van der Waals surface area contributed by atoms with E-state index in [9.17, 15) is 14.4 Å². The quantitative estimate of drug-likeness (QED) is 0.786. The first kappa shape index (κ1) is 17.0.